The Bertz CT molecular complexity index is 746. The van der Waals surface area contributed by atoms with E-state index in [1.807, 2.05) is 13.2 Å². The first-order valence-electron chi connectivity index (χ1n) is 8.78. The normalized spacial score (nSPS) is 21.4. The number of halogens is 1. The van der Waals surface area contributed by atoms with Gasteiger partial charge in [0.15, 0.2) is 0 Å². The van der Waals surface area contributed by atoms with Gasteiger partial charge in [-0.1, -0.05) is 0 Å². The van der Waals surface area contributed by atoms with Crippen LogP contribution in [0.1, 0.15) is 24.9 Å². The lowest BCUT2D eigenvalue weighted by atomic mass is 9.95. The Labute approximate surface area is 152 Å². The second kappa shape index (κ2) is 7.97. The number of nitrogens with zero attached hydrogens (tertiary/aromatic N) is 3. The molecule has 140 valence electrons. The van der Waals surface area contributed by atoms with Gasteiger partial charge in [-0.05, 0) is 31.2 Å². The Morgan fingerprint density at radius 2 is 2.12 bits per heavy atom. The minimum absolute atomic E-state index is 0.0288. The van der Waals surface area contributed by atoms with Crippen molar-refractivity contribution in [2.24, 2.45) is 5.92 Å². The summed E-state index contributed by atoms with van der Waals surface area (Å²) in [5, 5.41) is 7.83. The van der Waals surface area contributed by atoms with Crippen molar-refractivity contribution < 1.29 is 13.9 Å². The number of likely N-dealkylation sites (tertiary alicyclic amines) is 1. The summed E-state index contributed by atoms with van der Waals surface area (Å²) < 4.78 is 20.0. The molecular weight excluding hydrogens is 335 g/mol. The number of hydrogen-bond donors (Lipinski definition) is 1. The van der Waals surface area contributed by atoms with Gasteiger partial charge in [-0.3, -0.25) is 4.79 Å². The van der Waals surface area contributed by atoms with Crippen LogP contribution in [0.25, 0.3) is 5.69 Å². The minimum atomic E-state index is -0.279. The van der Waals surface area contributed by atoms with Crippen LogP contribution in [0.5, 0.6) is 0 Å². The summed E-state index contributed by atoms with van der Waals surface area (Å²) in [6.45, 7) is 3.42. The van der Waals surface area contributed by atoms with Crippen molar-refractivity contribution in [2.45, 2.75) is 25.4 Å². The molecule has 0 unspecified atom stereocenters. The SMILES string of the molecule is COC[C@@H](C)NC[C@@H]1CC(=O)N(C)[C@H]1c1cnn(-c2ccc(F)cc2)c1. The summed E-state index contributed by atoms with van der Waals surface area (Å²) in [5.74, 6) is 0.0203. The van der Waals surface area contributed by atoms with Crippen LogP contribution in [0.4, 0.5) is 4.39 Å². The molecule has 1 saturated heterocycles. The molecule has 3 rings (SSSR count). The van der Waals surface area contributed by atoms with Gasteiger partial charge in [-0.25, -0.2) is 9.07 Å². The van der Waals surface area contributed by atoms with Crippen LogP contribution in [-0.2, 0) is 9.53 Å². The number of rotatable bonds is 7. The van der Waals surface area contributed by atoms with E-state index in [2.05, 4.69) is 17.3 Å². The van der Waals surface area contributed by atoms with Crippen LogP contribution >= 0.6 is 0 Å². The fourth-order valence-corrected chi connectivity index (χ4v) is 3.52. The summed E-state index contributed by atoms with van der Waals surface area (Å²) in [5.41, 5.74) is 1.77. The van der Waals surface area contributed by atoms with Crippen molar-refractivity contribution in [1.82, 2.24) is 20.0 Å². The van der Waals surface area contributed by atoms with Crippen LogP contribution in [-0.4, -0.2) is 53.9 Å². The van der Waals surface area contributed by atoms with Crippen molar-refractivity contribution in [1.29, 1.82) is 0 Å². The molecule has 1 N–H and O–H groups in total. The lowest BCUT2D eigenvalue weighted by molar-refractivity contribution is -0.127. The van der Waals surface area contributed by atoms with Crippen molar-refractivity contribution in [3.8, 4) is 5.69 Å². The van der Waals surface area contributed by atoms with Gasteiger partial charge in [-0.2, -0.15) is 5.10 Å². The Kier molecular flexibility index (Phi) is 5.68. The van der Waals surface area contributed by atoms with Crippen molar-refractivity contribution in [3.63, 3.8) is 0 Å². The lowest BCUT2D eigenvalue weighted by Crippen LogP contribution is -2.36. The third kappa shape index (κ3) is 3.94. The van der Waals surface area contributed by atoms with Gasteiger partial charge in [0.25, 0.3) is 0 Å². The molecule has 3 atom stereocenters. The zero-order valence-corrected chi connectivity index (χ0v) is 15.4. The maximum Gasteiger partial charge on any atom is 0.223 e. The molecule has 1 aromatic carbocycles. The first kappa shape index (κ1) is 18.5. The average molecular weight is 360 g/mol. The monoisotopic (exact) mass is 360 g/mol. The fraction of sp³-hybridized carbons (Fsp3) is 0.474. The largest absolute Gasteiger partial charge is 0.383 e. The van der Waals surface area contributed by atoms with Crippen molar-refractivity contribution in [2.75, 3.05) is 27.3 Å². The van der Waals surface area contributed by atoms with Crippen molar-refractivity contribution >= 4 is 5.91 Å². The zero-order chi connectivity index (χ0) is 18.7. The van der Waals surface area contributed by atoms with Gasteiger partial charge in [0.1, 0.15) is 5.82 Å². The third-order valence-corrected chi connectivity index (χ3v) is 4.87. The van der Waals surface area contributed by atoms with Crippen LogP contribution in [0.15, 0.2) is 36.7 Å². The first-order valence-corrected chi connectivity index (χ1v) is 8.78. The van der Waals surface area contributed by atoms with Gasteiger partial charge in [-0.15, -0.1) is 0 Å². The Morgan fingerprint density at radius 1 is 1.38 bits per heavy atom. The zero-order valence-electron chi connectivity index (χ0n) is 15.4. The van der Waals surface area contributed by atoms with E-state index in [4.69, 9.17) is 4.74 Å². The second-order valence-corrected chi connectivity index (χ2v) is 6.87. The topological polar surface area (TPSA) is 59.4 Å². The number of benzene rings is 1. The molecule has 1 fully saturated rings. The summed E-state index contributed by atoms with van der Waals surface area (Å²) in [4.78, 5) is 14.0. The van der Waals surface area contributed by atoms with Gasteiger partial charge in [0.2, 0.25) is 5.91 Å². The number of carbonyl (C=O) groups excluding carboxylic acids is 1. The Morgan fingerprint density at radius 3 is 2.81 bits per heavy atom. The van der Waals surface area contributed by atoms with E-state index >= 15 is 0 Å². The molecule has 26 heavy (non-hydrogen) atoms. The minimum Gasteiger partial charge on any atom is -0.383 e. The molecule has 6 nitrogen and oxygen atoms in total. The van der Waals surface area contributed by atoms with E-state index in [1.54, 1.807) is 35.0 Å². The number of hydrogen-bond acceptors (Lipinski definition) is 4. The highest BCUT2D eigenvalue weighted by atomic mass is 19.1. The van der Waals surface area contributed by atoms with Crippen LogP contribution in [0.2, 0.25) is 0 Å². The molecule has 7 heteroatoms. The molecule has 1 aliphatic heterocycles. The van der Waals surface area contributed by atoms with E-state index < -0.39 is 0 Å². The summed E-state index contributed by atoms with van der Waals surface area (Å²) in [6.07, 6.45) is 4.21. The van der Waals surface area contributed by atoms with Gasteiger partial charge >= 0.3 is 0 Å². The maximum absolute atomic E-state index is 13.1. The van der Waals surface area contributed by atoms with E-state index in [-0.39, 0.29) is 29.7 Å². The molecule has 0 aliphatic carbocycles. The van der Waals surface area contributed by atoms with Crippen molar-refractivity contribution in [3.05, 3.63) is 48.0 Å². The quantitative estimate of drug-likeness (QED) is 0.822. The number of aromatic nitrogens is 2. The van der Waals surface area contributed by atoms with Gasteiger partial charge in [0, 0.05) is 50.8 Å². The summed E-state index contributed by atoms with van der Waals surface area (Å²) in [7, 11) is 3.51. The standard InChI is InChI=1S/C19H25FN4O2/c1-13(12-26-3)21-9-14-8-18(25)23(2)19(14)15-10-22-24(11-15)17-6-4-16(20)5-7-17/h4-7,10-11,13-14,19,21H,8-9,12H2,1-3H3/t13-,14+,19-/m1/s1. The molecule has 0 saturated carbocycles. The number of carbonyl (C=O) groups is 1. The first-order chi connectivity index (χ1) is 12.5. The number of ether oxygens (including phenoxy) is 1. The Balaban J connectivity index is 1.76. The molecule has 1 aromatic heterocycles. The van der Waals surface area contributed by atoms with E-state index in [0.29, 0.717) is 13.0 Å². The summed E-state index contributed by atoms with van der Waals surface area (Å²) in [6, 6.07) is 6.38. The highest BCUT2D eigenvalue weighted by molar-refractivity contribution is 5.79. The smallest absolute Gasteiger partial charge is 0.223 e. The fourth-order valence-electron chi connectivity index (χ4n) is 3.52. The highest BCUT2D eigenvalue weighted by Gasteiger charge is 2.39. The maximum atomic E-state index is 13.1. The Hall–Kier alpha value is -2.25. The average Bonchev–Trinajstić information content (AvgIpc) is 3.19. The predicted octanol–water partition coefficient (Wildman–Crippen LogP) is 2.16. The molecule has 0 bridgehead atoms. The molecule has 1 aliphatic rings. The molecule has 0 spiro atoms. The van der Waals surface area contributed by atoms with Crippen LogP contribution in [0, 0.1) is 11.7 Å². The number of methoxy groups -OCH3 is 1. The molecule has 2 aromatic rings. The predicted molar refractivity (Wildman–Crippen MR) is 96.5 cm³/mol. The molecule has 1 amide bonds. The van der Waals surface area contributed by atoms with E-state index in [9.17, 15) is 9.18 Å². The number of amides is 1. The highest BCUT2D eigenvalue weighted by Crippen LogP contribution is 2.36. The van der Waals surface area contributed by atoms with E-state index in [0.717, 1.165) is 17.8 Å². The van der Waals surface area contributed by atoms with Crippen LogP contribution in [0.3, 0.4) is 0 Å². The lowest BCUT2D eigenvalue weighted by Gasteiger charge is -2.25. The number of nitrogens with one attached hydrogen (secondary N) is 1. The van der Waals surface area contributed by atoms with Gasteiger partial charge in [0.05, 0.1) is 24.5 Å². The second-order valence-electron chi connectivity index (χ2n) is 6.87. The molecule has 0 radical (unpaired) electrons. The molecule has 2 heterocycles. The van der Waals surface area contributed by atoms with Crippen LogP contribution < -0.4 is 5.32 Å². The van der Waals surface area contributed by atoms with Gasteiger partial charge < -0.3 is 15.0 Å². The molecular formula is C19H25FN4O2. The third-order valence-electron chi connectivity index (χ3n) is 4.87. The van der Waals surface area contributed by atoms with E-state index in [1.165, 1.54) is 12.1 Å². The summed E-state index contributed by atoms with van der Waals surface area (Å²) >= 11 is 0.